The van der Waals surface area contributed by atoms with Gasteiger partial charge in [-0.05, 0) is 55.2 Å². The number of carboxylic acid groups (broad SMARTS) is 2. The van der Waals surface area contributed by atoms with Crippen molar-refractivity contribution in [3.05, 3.63) is 89.3 Å². The van der Waals surface area contributed by atoms with E-state index in [2.05, 4.69) is 23.3 Å². The summed E-state index contributed by atoms with van der Waals surface area (Å²) < 4.78 is 0. The molecule has 1 aromatic rings. The maximum Gasteiger partial charge on any atom is 0.328 e. The van der Waals surface area contributed by atoms with Crippen molar-refractivity contribution in [3.63, 3.8) is 0 Å². The van der Waals surface area contributed by atoms with Crippen molar-refractivity contribution < 1.29 is 24.6 Å². The van der Waals surface area contributed by atoms with Crippen molar-refractivity contribution in [1.29, 1.82) is 0 Å². The first-order valence-electron chi connectivity index (χ1n) is 9.23. The summed E-state index contributed by atoms with van der Waals surface area (Å²) in [4.78, 5) is 32.9. The van der Waals surface area contributed by atoms with Crippen LogP contribution in [0.5, 0.6) is 0 Å². The molecule has 0 radical (unpaired) electrons. The predicted octanol–water partition coefficient (Wildman–Crippen LogP) is 3.64. The average molecular weight is 408 g/mol. The van der Waals surface area contributed by atoms with E-state index in [9.17, 15) is 14.4 Å². The minimum atomic E-state index is -1.18. The van der Waals surface area contributed by atoms with Gasteiger partial charge in [0.05, 0.1) is 0 Å². The summed E-state index contributed by atoms with van der Waals surface area (Å²) in [6.45, 7) is 7.68. The zero-order valence-corrected chi connectivity index (χ0v) is 16.8. The van der Waals surface area contributed by atoms with Gasteiger partial charge in [0.25, 0.3) is 0 Å². The van der Waals surface area contributed by atoms with E-state index in [1.54, 1.807) is 6.07 Å². The summed E-state index contributed by atoms with van der Waals surface area (Å²) in [6.07, 6.45) is 8.99. The SMILES string of the molecule is C=C(/C=C/C(=O)O)NC1=C(C)CC(c2ccc(NC(=O)/C=C/C(=O)O)c(C)c2)C=C1. The molecule has 1 amide bonds. The molecule has 2 rings (SSSR count). The van der Waals surface area contributed by atoms with E-state index in [1.807, 2.05) is 32.1 Å². The molecule has 7 nitrogen and oxygen atoms in total. The van der Waals surface area contributed by atoms with Crippen molar-refractivity contribution in [2.24, 2.45) is 0 Å². The molecule has 0 saturated carbocycles. The Morgan fingerprint density at radius 3 is 2.30 bits per heavy atom. The molecule has 1 aliphatic carbocycles. The van der Waals surface area contributed by atoms with Crippen LogP contribution in [0.15, 0.2) is 78.2 Å². The maximum atomic E-state index is 11.8. The minimum absolute atomic E-state index is 0.161. The van der Waals surface area contributed by atoms with E-state index in [-0.39, 0.29) is 5.92 Å². The summed E-state index contributed by atoms with van der Waals surface area (Å²) in [5.41, 5.74) is 5.07. The average Bonchev–Trinajstić information content (AvgIpc) is 2.68. The van der Waals surface area contributed by atoms with Gasteiger partial charge in [-0.2, -0.15) is 0 Å². The van der Waals surface area contributed by atoms with E-state index in [1.165, 1.54) is 6.08 Å². The van der Waals surface area contributed by atoms with Crippen LogP contribution in [-0.2, 0) is 14.4 Å². The first-order valence-corrected chi connectivity index (χ1v) is 9.23. The Kier molecular flexibility index (Phi) is 7.52. The second kappa shape index (κ2) is 10.1. The number of amides is 1. The molecule has 1 unspecified atom stereocenters. The minimum Gasteiger partial charge on any atom is -0.478 e. The van der Waals surface area contributed by atoms with Crippen LogP contribution in [0, 0.1) is 6.92 Å². The van der Waals surface area contributed by atoms with Gasteiger partial charge in [0.1, 0.15) is 0 Å². The van der Waals surface area contributed by atoms with Crippen LogP contribution >= 0.6 is 0 Å². The Labute approximate surface area is 174 Å². The molecule has 7 heteroatoms. The van der Waals surface area contributed by atoms with Gasteiger partial charge in [-0.25, -0.2) is 9.59 Å². The molecule has 4 N–H and O–H groups in total. The summed E-state index contributed by atoms with van der Waals surface area (Å²) in [5, 5.41) is 23.1. The fourth-order valence-corrected chi connectivity index (χ4v) is 3.01. The van der Waals surface area contributed by atoms with Gasteiger partial charge in [-0.1, -0.05) is 24.8 Å². The topological polar surface area (TPSA) is 116 Å². The highest BCUT2D eigenvalue weighted by Gasteiger charge is 2.16. The van der Waals surface area contributed by atoms with Crippen molar-refractivity contribution in [2.45, 2.75) is 26.2 Å². The number of carboxylic acids is 2. The first-order chi connectivity index (χ1) is 14.2. The summed E-state index contributed by atoms with van der Waals surface area (Å²) >= 11 is 0. The van der Waals surface area contributed by atoms with Crippen molar-refractivity contribution in [3.8, 4) is 0 Å². The largest absolute Gasteiger partial charge is 0.478 e. The van der Waals surface area contributed by atoms with Crippen LogP contribution in [-0.4, -0.2) is 28.1 Å². The Morgan fingerprint density at radius 2 is 1.70 bits per heavy atom. The number of benzene rings is 1. The number of hydrogen-bond donors (Lipinski definition) is 4. The third-order valence-electron chi connectivity index (χ3n) is 4.52. The highest BCUT2D eigenvalue weighted by atomic mass is 16.4. The molecule has 0 bridgehead atoms. The molecule has 0 fully saturated rings. The van der Waals surface area contributed by atoms with Gasteiger partial charge in [0.15, 0.2) is 0 Å². The van der Waals surface area contributed by atoms with Gasteiger partial charge in [0.2, 0.25) is 5.91 Å². The Morgan fingerprint density at radius 1 is 1.03 bits per heavy atom. The third kappa shape index (κ3) is 6.63. The predicted molar refractivity (Wildman–Crippen MR) is 115 cm³/mol. The second-order valence-corrected chi connectivity index (χ2v) is 6.92. The summed E-state index contributed by atoms with van der Waals surface area (Å²) in [6, 6.07) is 5.72. The van der Waals surface area contributed by atoms with Crippen molar-refractivity contribution in [1.82, 2.24) is 5.32 Å². The number of allylic oxidation sites excluding steroid dienone is 4. The molecule has 1 aromatic carbocycles. The lowest BCUT2D eigenvalue weighted by molar-refractivity contribution is -0.132. The van der Waals surface area contributed by atoms with Crippen LogP contribution in [0.25, 0.3) is 0 Å². The number of aryl methyl sites for hydroxylation is 1. The fourth-order valence-electron chi connectivity index (χ4n) is 3.01. The Bertz CT molecular complexity index is 999. The highest BCUT2D eigenvalue weighted by molar-refractivity contribution is 6.02. The third-order valence-corrected chi connectivity index (χ3v) is 4.52. The molecule has 0 saturated heterocycles. The monoisotopic (exact) mass is 408 g/mol. The molecule has 0 aromatic heterocycles. The fraction of sp³-hybridized carbons (Fsp3) is 0.174. The molecule has 156 valence electrons. The molecule has 0 spiro atoms. The quantitative estimate of drug-likeness (QED) is 0.386. The van der Waals surface area contributed by atoms with E-state index in [0.29, 0.717) is 11.4 Å². The summed E-state index contributed by atoms with van der Waals surface area (Å²) in [7, 11) is 0. The van der Waals surface area contributed by atoms with Crippen LogP contribution < -0.4 is 10.6 Å². The van der Waals surface area contributed by atoms with Gasteiger partial charge < -0.3 is 20.8 Å². The molecular formula is C23H24N2O5. The lowest BCUT2D eigenvalue weighted by Gasteiger charge is -2.22. The Hall–Kier alpha value is -3.87. The number of nitrogens with one attached hydrogen (secondary N) is 2. The second-order valence-electron chi connectivity index (χ2n) is 6.92. The number of anilines is 1. The van der Waals surface area contributed by atoms with Crippen molar-refractivity contribution in [2.75, 3.05) is 5.32 Å². The van der Waals surface area contributed by atoms with Crippen LogP contribution in [0.4, 0.5) is 5.69 Å². The van der Waals surface area contributed by atoms with E-state index in [0.717, 1.165) is 47.0 Å². The number of hydrogen-bond acceptors (Lipinski definition) is 4. The lowest BCUT2D eigenvalue weighted by atomic mass is 9.86. The van der Waals surface area contributed by atoms with E-state index >= 15 is 0 Å². The molecule has 1 atom stereocenters. The summed E-state index contributed by atoms with van der Waals surface area (Å²) in [5.74, 6) is -2.55. The molecule has 1 aliphatic rings. The normalized spacial score (nSPS) is 16.1. The number of rotatable bonds is 8. The first kappa shape index (κ1) is 22.4. The van der Waals surface area contributed by atoms with Gasteiger partial charge >= 0.3 is 11.9 Å². The Balaban J connectivity index is 2.05. The van der Waals surface area contributed by atoms with Crippen molar-refractivity contribution >= 4 is 23.5 Å². The number of carbonyl (C=O) groups excluding carboxylic acids is 1. The molecule has 30 heavy (non-hydrogen) atoms. The zero-order chi connectivity index (χ0) is 22.3. The maximum absolute atomic E-state index is 11.8. The highest BCUT2D eigenvalue weighted by Crippen LogP contribution is 2.32. The van der Waals surface area contributed by atoms with Crippen LogP contribution in [0.1, 0.15) is 30.4 Å². The van der Waals surface area contributed by atoms with Gasteiger partial charge in [-0.15, -0.1) is 0 Å². The molecule has 0 heterocycles. The van der Waals surface area contributed by atoms with Gasteiger partial charge in [0, 0.05) is 41.2 Å². The smallest absolute Gasteiger partial charge is 0.328 e. The van der Waals surface area contributed by atoms with E-state index < -0.39 is 17.8 Å². The van der Waals surface area contributed by atoms with E-state index in [4.69, 9.17) is 10.2 Å². The zero-order valence-electron chi connectivity index (χ0n) is 16.8. The lowest BCUT2D eigenvalue weighted by Crippen LogP contribution is -2.15. The van der Waals surface area contributed by atoms with Gasteiger partial charge in [-0.3, -0.25) is 4.79 Å². The number of carbonyl (C=O) groups is 3. The van der Waals surface area contributed by atoms with Crippen LogP contribution in [0.2, 0.25) is 0 Å². The number of aliphatic carboxylic acids is 2. The standard InChI is InChI=1S/C23H24N2O5/c1-14-12-17(5-7-19(14)24-16(3)4-10-22(27)28)18-6-8-20(15(2)13-18)25-21(26)9-11-23(29)30/h4-11,13,17,24H,3,12H2,1-2H3,(H,25,26)(H,27,28)(H,29,30)/b10-4+,11-9+. The molecule has 0 aliphatic heterocycles. The molecular weight excluding hydrogens is 384 g/mol. The van der Waals surface area contributed by atoms with Crippen LogP contribution in [0.3, 0.4) is 0 Å².